The molecule has 138 valence electrons. The van der Waals surface area contributed by atoms with E-state index < -0.39 is 29.9 Å². The molecule has 2 aromatic rings. The molecule has 3 rings (SSSR count). The molecule has 2 atom stereocenters. The summed E-state index contributed by atoms with van der Waals surface area (Å²) in [6.45, 7) is 0.272. The Morgan fingerprint density at radius 3 is 2.58 bits per heavy atom. The summed E-state index contributed by atoms with van der Waals surface area (Å²) in [5.41, 5.74) is 4.28. The molecule has 1 fully saturated rings. The number of carbonyl (C=O) groups is 1. The molecule has 0 amide bonds. The first-order valence-corrected chi connectivity index (χ1v) is 7.60. The standard InChI is InChI=1S/C17H14F4N2O3/c18-15-13(8-22-23-15)9-4-5-14(12(6-9)16(24)25)26-11-3-1-2-10(7-11)17(19,20)21/h1-7,13,15,22-23H,8H2,(H,24,25). The summed E-state index contributed by atoms with van der Waals surface area (Å²) < 4.78 is 57.4. The zero-order chi connectivity index (χ0) is 18.9. The second-order valence-electron chi connectivity index (χ2n) is 5.72. The minimum absolute atomic E-state index is 0.130. The van der Waals surface area contributed by atoms with E-state index in [4.69, 9.17) is 4.74 Å². The first-order valence-electron chi connectivity index (χ1n) is 7.60. The first-order chi connectivity index (χ1) is 12.3. The average Bonchev–Trinajstić information content (AvgIpc) is 3.00. The van der Waals surface area contributed by atoms with Crippen molar-refractivity contribution in [1.82, 2.24) is 10.9 Å². The fourth-order valence-corrected chi connectivity index (χ4v) is 2.65. The van der Waals surface area contributed by atoms with Gasteiger partial charge in [-0.2, -0.15) is 13.2 Å². The number of hydrogen-bond donors (Lipinski definition) is 3. The number of nitrogens with one attached hydrogen (secondary N) is 2. The Labute approximate surface area is 145 Å². The highest BCUT2D eigenvalue weighted by Gasteiger charge is 2.31. The lowest BCUT2D eigenvalue weighted by Crippen LogP contribution is -2.27. The molecule has 1 aliphatic rings. The quantitative estimate of drug-likeness (QED) is 0.566. The van der Waals surface area contributed by atoms with Crippen LogP contribution in [0.25, 0.3) is 0 Å². The smallest absolute Gasteiger partial charge is 0.416 e. The van der Waals surface area contributed by atoms with Crippen LogP contribution in [0.5, 0.6) is 11.5 Å². The van der Waals surface area contributed by atoms with Gasteiger partial charge in [0, 0.05) is 12.5 Å². The summed E-state index contributed by atoms with van der Waals surface area (Å²) in [5, 5.41) is 9.38. The minimum atomic E-state index is -4.54. The van der Waals surface area contributed by atoms with Gasteiger partial charge in [-0.1, -0.05) is 12.1 Å². The van der Waals surface area contributed by atoms with E-state index in [1.54, 1.807) is 0 Å². The Hall–Kier alpha value is -2.65. The Balaban J connectivity index is 1.92. The van der Waals surface area contributed by atoms with E-state index in [0.717, 1.165) is 18.2 Å². The SMILES string of the molecule is O=C(O)c1cc(C2CNNC2F)ccc1Oc1cccc(C(F)(F)F)c1. The molecule has 1 saturated heterocycles. The molecule has 0 aromatic heterocycles. The number of carboxylic acid groups (broad SMARTS) is 1. The lowest BCUT2D eigenvalue weighted by molar-refractivity contribution is -0.137. The van der Waals surface area contributed by atoms with Gasteiger partial charge in [-0.3, -0.25) is 5.43 Å². The maximum atomic E-state index is 13.8. The topological polar surface area (TPSA) is 70.6 Å². The molecule has 0 saturated carbocycles. The third-order valence-corrected chi connectivity index (χ3v) is 3.97. The van der Waals surface area contributed by atoms with Crippen LogP contribution in [0.3, 0.4) is 0 Å². The van der Waals surface area contributed by atoms with Crippen molar-refractivity contribution < 1.29 is 32.2 Å². The number of rotatable bonds is 4. The summed E-state index contributed by atoms with van der Waals surface area (Å²) in [6.07, 6.45) is -5.93. The fraction of sp³-hybridized carbons (Fsp3) is 0.235. The summed E-state index contributed by atoms with van der Waals surface area (Å²) in [4.78, 5) is 11.5. The second-order valence-corrected chi connectivity index (χ2v) is 5.72. The van der Waals surface area contributed by atoms with Crippen molar-refractivity contribution in [2.75, 3.05) is 6.54 Å². The van der Waals surface area contributed by atoms with Crippen LogP contribution in [0, 0.1) is 0 Å². The molecule has 5 nitrogen and oxygen atoms in total. The van der Waals surface area contributed by atoms with Crippen LogP contribution >= 0.6 is 0 Å². The van der Waals surface area contributed by atoms with Crippen molar-refractivity contribution in [3.05, 3.63) is 59.2 Å². The van der Waals surface area contributed by atoms with E-state index in [2.05, 4.69) is 10.9 Å². The molecule has 26 heavy (non-hydrogen) atoms. The Kier molecular flexibility index (Phi) is 4.84. The molecule has 3 N–H and O–H groups in total. The Bertz CT molecular complexity index is 826. The molecule has 2 aromatic carbocycles. The molecule has 0 radical (unpaired) electrons. The van der Waals surface area contributed by atoms with Crippen molar-refractivity contribution in [2.24, 2.45) is 0 Å². The number of hydrazine groups is 1. The van der Waals surface area contributed by atoms with E-state index in [0.29, 0.717) is 5.56 Å². The predicted molar refractivity (Wildman–Crippen MR) is 83.7 cm³/mol. The highest BCUT2D eigenvalue weighted by molar-refractivity contribution is 5.91. The average molecular weight is 370 g/mol. The minimum Gasteiger partial charge on any atom is -0.478 e. The fourth-order valence-electron chi connectivity index (χ4n) is 2.65. The van der Waals surface area contributed by atoms with Crippen LogP contribution in [0.2, 0.25) is 0 Å². The predicted octanol–water partition coefficient (Wildman–Crippen LogP) is 3.68. The number of alkyl halides is 4. The number of benzene rings is 2. The first kappa shape index (κ1) is 18.2. The molecule has 0 aliphatic carbocycles. The molecular weight excluding hydrogens is 356 g/mol. The number of hydrogen-bond acceptors (Lipinski definition) is 4. The number of carboxylic acids is 1. The summed E-state index contributed by atoms with van der Waals surface area (Å²) >= 11 is 0. The van der Waals surface area contributed by atoms with Gasteiger partial charge in [0.05, 0.1) is 5.56 Å². The van der Waals surface area contributed by atoms with Gasteiger partial charge in [0.1, 0.15) is 17.1 Å². The van der Waals surface area contributed by atoms with Gasteiger partial charge in [-0.15, -0.1) is 0 Å². The van der Waals surface area contributed by atoms with E-state index in [-0.39, 0.29) is 23.6 Å². The van der Waals surface area contributed by atoms with Gasteiger partial charge < -0.3 is 9.84 Å². The molecule has 2 unspecified atom stereocenters. The molecule has 0 bridgehead atoms. The van der Waals surface area contributed by atoms with Gasteiger partial charge >= 0.3 is 12.1 Å². The van der Waals surface area contributed by atoms with Crippen molar-refractivity contribution in [2.45, 2.75) is 18.4 Å². The van der Waals surface area contributed by atoms with Crippen molar-refractivity contribution in [1.29, 1.82) is 0 Å². The van der Waals surface area contributed by atoms with Crippen LogP contribution in [0.4, 0.5) is 17.6 Å². The van der Waals surface area contributed by atoms with Crippen molar-refractivity contribution in [3.8, 4) is 11.5 Å². The maximum absolute atomic E-state index is 13.8. The monoisotopic (exact) mass is 370 g/mol. The van der Waals surface area contributed by atoms with Crippen LogP contribution in [-0.4, -0.2) is 23.9 Å². The zero-order valence-corrected chi connectivity index (χ0v) is 13.2. The highest BCUT2D eigenvalue weighted by Crippen LogP contribution is 2.34. The third kappa shape index (κ3) is 3.78. The van der Waals surface area contributed by atoms with E-state index in [9.17, 15) is 27.5 Å². The number of aromatic carboxylic acids is 1. The van der Waals surface area contributed by atoms with Crippen LogP contribution in [0.1, 0.15) is 27.4 Å². The van der Waals surface area contributed by atoms with Crippen LogP contribution < -0.4 is 15.6 Å². The maximum Gasteiger partial charge on any atom is 0.416 e. The second kappa shape index (κ2) is 6.93. The summed E-state index contributed by atoms with van der Waals surface area (Å²) in [6, 6.07) is 8.17. The highest BCUT2D eigenvalue weighted by atomic mass is 19.4. The Morgan fingerprint density at radius 2 is 1.96 bits per heavy atom. The molecular formula is C17H14F4N2O3. The zero-order valence-electron chi connectivity index (χ0n) is 13.2. The molecule has 9 heteroatoms. The largest absolute Gasteiger partial charge is 0.478 e. The Morgan fingerprint density at radius 1 is 1.19 bits per heavy atom. The van der Waals surface area contributed by atoms with E-state index in [1.807, 2.05) is 0 Å². The van der Waals surface area contributed by atoms with Gasteiger partial charge in [0.25, 0.3) is 0 Å². The molecule has 0 spiro atoms. The van der Waals surface area contributed by atoms with Crippen molar-refractivity contribution in [3.63, 3.8) is 0 Å². The van der Waals surface area contributed by atoms with E-state index >= 15 is 0 Å². The summed E-state index contributed by atoms with van der Waals surface area (Å²) in [7, 11) is 0. The summed E-state index contributed by atoms with van der Waals surface area (Å²) in [5.74, 6) is -2.20. The molecule has 1 heterocycles. The lowest BCUT2D eigenvalue weighted by atomic mass is 9.97. The van der Waals surface area contributed by atoms with Crippen molar-refractivity contribution >= 4 is 5.97 Å². The van der Waals surface area contributed by atoms with Gasteiger partial charge in [-0.25, -0.2) is 14.6 Å². The lowest BCUT2D eigenvalue weighted by Gasteiger charge is -2.15. The van der Waals surface area contributed by atoms with Crippen LogP contribution in [-0.2, 0) is 6.18 Å². The number of halogens is 4. The van der Waals surface area contributed by atoms with E-state index in [1.165, 1.54) is 24.3 Å². The van der Waals surface area contributed by atoms with Gasteiger partial charge in [0.2, 0.25) is 0 Å². The third-order valence-electron chi connectivity index (χ3n) is 3.97. The number of ether oxygens (including phenoxy) is 1. The normalized spacial score (nSPS) is 20.2. The van der Waals surface area contributed by atoms with Crippen LogP contribution in [0.15, 0.2) is 42.5 Å². The van der Waals surface area contributed by atoms with Gasteiger partial charge in [0.15, 0.2) is 6.30 Å². The van der Waals surface area contributed by atoms with Gasteiger partial charge in [-0.05, 0) is 35.9 Å². The molecule has 1 aliphatic heterocycles.